The highest BCUT2D eigenvalue weighted by atomic mass is 127. The van der Waals surface area contributed by atoms with Gasteiger partial charge in [0.25, 0.3) is 5.56 Å². The number of H-pyrrole nitrogens is 1. The maximum atomic E-state index is 11.1. The summed E-state index contributed by atoms with van der Waals surface area (Å²) < 4.78 is 0.614. The molecule has 0 aliphatic heterocycles. The summed E-state index contributed by atoms with van der Waals surface area (Å²) in [6.07, 6.45) is 2.42. The Labute approximate surface area is 83.9 Å². The second-order valence-electron chi connectivity index (χ2n) is 2.32. The number of nitrogens with zero attached hydrogens (tertiary/aromatic N) is 1. The van der Waals surface area contributed by atoms with E-state index in [9.17, 15) is 4.79 Å². The normalized spacial score (nSPS) is 9.83. The Bertz CT molecular complexity index is 310. The third-order valence-electron chi connectivity index (χ3n) is 1.34. The van der Waals surface area contributed by atoms with Crippen LogP contribution >= 0.6 is 22.6 Å². The van der Waals surface area contributed by atoms with Gasteiger partial charge in [-0.25, -0.2) is 4.98 Å². The fraction of sp³-hybridized carbons (Fsp3) is 0.429. The van der Waals surface area contributed by atoms with E-state index >= 15 is 0 Å². The van der Waals surface area contributed by atoms with Gasteiger partial charge >= 0.3 is 0 Å². The molecule has 0 unspecified atom stereocenters. The average molecular weight is 279 g/mol. The Balaban J connectivity index is 2.85. The van der Waals surface area contributed by atoms with Crippen LogP contribution < -0.4 is 10.9 Å². The van der Waals surface area contributed by atoms with Gasteiger partial charge in [0.2, 0.25) is 0 Å². The Hall–Kier alpha value is -0.590. The van der Waals surface area contributed by atoms with Crippen molar-refractivity contribution in [1.82, 2.24) is 9.97 Å². The van der Waals surface area contributed by atoms with E-state index < -0.39 is 0 Å². The minimum atomic E-state index is -0.0933. The van der Waals surface area contributed by atoms with Crippen molar-refractivity contribution in [3.05, 3.63) is 20.3 Å². The summed E-state index contributed by atoms with van der Waals surface area (Å²) in [5.74, 6) is 0.668. The van der Waals surface area contributed by atoms with Crippen molar-refractivity contribution >= 4 is 28.4 Å². The lowest BCUT2D eigenvalue weighted by molar-refractivity contribution is 0.957. The quantitative estimate of drug-likeness (QED) is 0.817. The SMILES string of the molecule is CCCNc1nc[nH]c(=O)c1I. The van der Waals surface area contributed by atoms with Crippen LogP contribution in [0.5, 0.6) is 0 Å². The van der Waals surface area contributed by atoms with Crippen molar-refractivity contribution in [3.63, 3.8) is 0 Å². The van der Waals surface area contributed by atoms with Crippen LogP contribution in [-0.2, 0) is 0 Å². The van der Waals surface area contributed by atoms with E-state index in [1.807, 2.05) is 22.6 Å². The predicted molar refractivity (Wildman–Crippen MR) is 56.4 cm³/mol. The van der Waals surface area contributed by atoms with Crippen molar-refractivity contribution < 1.29 is 0 Å². The number of halogens is 1. The monoisotopic (exact) mass is 279 g/mol. The standard InChI is InChI=1S/C7H10IN3O/c1-2-3-9-6-5(8)7(12)11-4-10-6/h4H,2-3H2,1H3,(H2,9,10,11,12). The number of aromatic amines is 1. The van der Waals surface area contributed by atoms with Crippen LogP contribution in [0.3, 0.4) is 0 Å². The third-order valence-corrected chi connectivity index (χ3v) is 2.34. The number of aromatic nitrogens is 2. The molecule has 2 N–H and O–H groups in total. The van der Waals surface area contributed by atoms with Crippen LogP contribution in [0.25, 0.3) is 0 Å². The molecule has 0 aliphatic rings. The van der Waals surface area contributed by atoms with Gasteiger partial charge in [-0.2, -0.15) is 0 Å². The molecule has 1 aromatic heterocycles. The minimum absolute atomic E-state index is 0.0933. The highest BCUT2D eigenvalue weighted by Crippen LogP contribution is 2.07. The number of nitrogens with one attached hydrogen (secondary N) is 2. The lowest BCUT2D eigenvalue weighted by Gasteiger charge is -2.03. The highest BCUT2D eigenvalue weighted by Gasteiger charge is 2.02. The molecule has 1 rings (SSSR count). The fourth-order valence-electron chi connectivity index (χ4n) is 0.750. The fourth-order valence-corrected chi connectivity index (χ4v) is 1.24. The second-order valence-corrected chi connectivity index (χ2v) is 3.40. The van der Waals surface area contributed by atoms with Gasteiger partial charge in [0.1, 0.15) is 9.39 Å². The van der Waals surface area contributed by atoms with Crippen LogP contribution in [0.4, 0.5) is 5.82 Å². The molecule has 4 nitrogen and oxygen atoms in total. The van der Waals surface area contributed by atoms with Gasteiger partial charge in [0, 0.05) is 6.54 Å². The summed E-state index contributed by atoms with van der Waals surface area (Å²) in [7, 11) is 0. The molecule has 66 valence electrons. The molecule has 0 radical (unpaired) electrons. The smallest absolute Gasteiger partial charge is 0.266 e. The molecule has 0 aromatic carbocycles. The first-order valence-corrected chi connectivity index (χ1v) is 4.80. The summed E-state index contributed by atoms with van der Waals surface area (Å²) >= 11 is 1.98. The molecule has 0 saturated heterocycles. The molecule has 5 heteroatoms. The molecule has 0 fully saturated rings. The van der Waals surface area contributed by atoms with E-state index in [2.05, 4.69) is 22.2 Å². The summed E-state index contributed by atoms with van der Waals surface area (Å²) in [6, 6.07) is 0. The molecule has 0 saturated carbocycles. The number of anilines is 1. The Morgan fingerprint density at radius 3 is 3.17 bits per heavy atom. The van der Waals surface area contributed by atoms with Crippen LogP contribution in [-0.4, -0.2) is 16.5 Å². The Kier molecular flexibility index (Phi) is 3.51. The van der Waals surface area contributed by atoms with Gasteiger partial charge in [0.05, 0.1) is 6.33 Å². The first kappa shape index (κ1) is 9.50. The molecule has 0 aliphatic carbocycles. The summed E-state index contributed by atoms with van der Waals surface area (Å²) in [5, 5.41) is 3.06. The van der Waals surface area contributed by atoms with Crippen LogP contribution in [0.2, 0.25) is 0 Å². The lowest BCUT2D eigenvalue weighted by atomic mass is 10.4. The van der Waals surface area contributed by atoms with E-state index in [1.54, 1.807) is 0 Å². The molecule has 0 bridgehead atoms. The van der Waals surface area contributed by atoms with E-state index in [0.717, 1.165) is 13.0 Å². The van der Waals surface area contributed by atoms with Crippen LogP contribution in [0.15, 0.2) is 11.1 Å². The molecule has 12 heavy (non-hydrogen) atoms. The zero-order valence-corrected chi connectivity index (χ0v) is 8.88. The van der Waals surface area contributed by atoms with E-state index in [4.69, 9.17) is 0 Å². The van der Waals surface area contributed by atoms with Gasteiger partial charge in [0.15, 0.2) is 0 Å². The third kappa shape index (κ3) is 2.20. The van der Waals surface area contributed by atoms with Gasteiger partial charge in [-0.05, 0) is 29.0 Å². The van der Waals surface area contributed by atoms with Crippen molar-refractivity contribution in [2.75, 3.05) is 11.9 Å². The Morgan fingerprint density at radius 1 is 1.75 bits per heavy atom. The number of hydrogen-bond donors (Lipinski definition) is 2. The summed E-state index contributed by atoms with van der Waals surface area (Å²) in [6.45, 7) is 2.90. The van der Waals surface area contributed by atoms with Crippen LogP contribution in [0, 0.1) is 3.57 Å². The minimum Gasteiger partial charge on any atom is -0.369 e. The molecule has 1 aromatic rings. The number of hydrogen-bond acceptors (Lipinski definition) is 3. The summed E-state index contributed by atoms with van der Waals surface area (Å²) in [5.41, 5.74) is -0.0933. The molecule has 0 atom stereocenters. The van der Waals surface area contributed by atoms with Gasteiger partial charge < -0.3 is 10.3 Å². The second kappa shape index (κ2) is 4.44. The van der Waals surface area contributed by atoms with Crippen molar-refractivity contribution in [1.29, 1.82) is 0 Å². The first-order chi connectivity index (χ1) is 5.75. The first-order valence-electron chi connectivity index (χ1n) is 3.72. The van der Waals surface area contributed by atoms with Crippen molar-refractivity contribution in [2.24, 2.45) is 0 Å². The predicted octanol–water partition coefficient (Wildman–Crippen LogP) is 1.20. The van der Waals surface area contributed by atoms with Gasteiger partial charge in [-0.1, -0.05) is 6.92 Å². The average Bonchev–Trinajstić information content (AvgIpc) is 2.08. The van der Waals surface area contributed by atoms with E-state index in [0.29, 0.717) is 9.39 Å². The lowest BCUT2D eigenvalue weighted by Crippen LogP contribution is -2.14. The van der Waals surface area contributed by atoms with Crippen molar-refractivity contribution in [2.45, 2.75) is 13.3 Å². The van der Waals surface area contributed by atoms with Crippen LogP contribution in [0.1, 0.15) is 13.3 Å². The van der Waals surface area contributed by atoms with Crippen molar-refractivity contribution in [3.8, 4) is 0 Å². The molecule has 1 heterocycles. The number of rotatable bonds is 3. The molecular weight excluding hydrogens is 269 g/mol. The maximum Gasteiger partial charge on any atom is 0.266 e. The zero-order valence-electron chi connectivity index (χ0n) is 6.72. The van der Waals surface area contributed by atoms with E-state index in [1.165, 1.54) is 6.33 Å². The van der Waals surface area contributed by atoms with Gasteiger partial charge in [-0.15, -0.1) is 0 Å². The highest BCUT2D eigenvalue weighted by molar-refractivity contribution is 14.1. The maximum absolute atomic E-state index is 11.1. The molecular formula is C7H10IN3O. The largest absolute Gasteiger partial charge is 0.369 e. The topological polar surface area (TPSA) is 57.8 Å². The van der Waals surface area contributed by atoms with Gasteiger partial charge in [-0.3, -0.25) is 4.79 Å². The zero-order chi connectivity index (χ0) is 8.97. The summed E-state index contributed by atoms with van der Waals surface area (Å²) in [4.78, 5) is 17.6. The molecule has 0 spiro atoms. The van der Waals surface area contributed by atoms with E-state index in [-0.39, 0.29) is 5.56 Å². The molecule has 0 amide bonds. The Morgan fingerprint density at radius 2 is 2.50 bits per heavy atom.